The van der Waals surface area contributed by atoms with Crippen LogP contribution >= 0.6 is 0 Å². The lowest BCUT2D eigenvalue weighted by molar-refractivity contribution is -0.0858. The highest BCUT2D eigenvalue weighted by atomic mass is 19.3. The number of nitrogens with zero attached hydrogens (tertiary/aromatic N) is 2. The van der Waals surface area contributed by atoms with Crippen LogP contribution in [0.3, 0.4) is 0 Å². The number of methoxy groups -OCH3 is 1. The van der Waals surface area contributed by atoms with Crippen LogP contribution in [0.2, 0.25) is 0 Å². The van der Waals surface area contributed by atoms with Crippen LogP contribution in [0.1, 0.15) is 63.3 Å². The van der Waals surface area contributed by atoms with Crippen molar-refractivity contribution < 1.29 is 37.3 Å². The molecule has 0 saturated carbocycles. The molecule has 1 aliphatic heterocycles. The van der Waals surface area contributed by atoms with E-state index in [0.29, 0.717) is 29.9 Å². The molecule has 2 aromatic carbocycles. The molecule has 0 radical (unpaired) electrons. The fourth-order valence-electron chi connectivity index (χ4n) is 5.92. The Hall–Kier alpha value is -3.24. The number of alkyl halides is 3. The number of aliphatic hydroxyl groups excluding tert-OH is 1. The molecule has 43 heavy (non-hydrogen) atoms. The van der Waals surface area contributed by atoms with E-state index in [-0.39, 0.29) is 32.2 Å². The van der Waals surface area contributed by atoms with Gasteiger partial charge in [-0.05, 0) is 87.4 Å². The van der Waals surface area contributed by atoms with E-state index in [1.54, 1.807) is 51.0 Å². The van der Waals surface area contributed by atoms with Crippen LogP contribution in [0, 0.1) is 0 Å². The van der Waals surface area contributed by atoms with Crippen LogP contribution in [0.4, 0.5) is 18.0 Å². The first-order chi connectivity index (χ1) is 20.4. The number of hydrogen-bond donors (Lipinski definition) is 1. The van der Waals surface area contributed by atoms with Crippen LogP contribution in [0.5, 0.6) is 11.5 Å². The van der Waals surface area contributed by atoms with Gasteiger partial charge in [0.15, 0.2) is 0 Å². The smallest absolute Gasteiger partial charge is 0.410 e. The van der Waals surface area contributed by atoms with Crippen molar-refractivity contribution >= 4 is 11.7 Å². The zero-order valence-corrected chi connectivity index (χ0v) is 25.7. The van der Waals surface area contributed by atoms with Gasteiger partial charge in [-0.15, -0.1) is 0 Å². The summed E-state index contributed by atoms with van der Waals surface area (Å²) in [6.07, 6.45) is 0.872. The van der Waals surface area contributed by atoms with Gasteiger partial charge in [0.2, 0.25) is 0 Å². The minimum absolute atomic E-state index is 0.115. The van der Waals surface area contributed by atoms with E-state index in [1.165, 1.54) is 4.90 Å². The first kappa shape index (κ1) is 32.7. The Kier molecular flexibility index (Phi) is 10.3. The first-order valence-corrected chi connectivity index (χ1v) is 14.8. The predicted molar refractivity (Wildman–Crippen MR) is 160 cm³/mol. The van der Waals surface area contributed by atoms with Gasteiger partial charge in [0.25, 0.3) is 5.92 Å². The van der Waals surface area contributed by atoms with Crippen molar-refractivity contribution in [3.8, 4) is 11.5 Å². The molecule has 1 N–H and O–H groups in total. The van der Waals surface area contributed by atoms with Crippen LogP contribution in [0.15, 0.2) is 48.0 Å². The zero-order valence-electron chi connectivity index (χ0n) is 25.7. The highest BCUT2D eigenvalue weighted by Crippen LogP contribution is 2.51. The van der Waals surface area contributed by atoms with E-state index >= 15 is 0 Å². The van der Waals surface area contributed by atoms with Crippen molar-refractivity contribution in [3.05, 3.63) is 64.7 Å². The molecule has 0 bridgehead atoms. The number of hydrogen-bond acceptors (Lipinski definition) is 6. The second-order valence-corrected chi connectivity index (χ2v) is 12.2. The molecule has 1 aliphatic carbocycles. The molecular formula is C33H43F3N2O5. The summed E-state index contributed by atoms with van der Waals surface area (Å²) in [5, 5.41) is 9.45. The average molecular weight is 605 g/mol. The molecule has 0 unspecified atom stereocenters. The van der Waals surface area contributed by atoms with Gasteiger partial charge in [-0.25, -0.2) is 13.6 Å². The standard InChI is InChI=1S/C33H43F3N2O5/c1-22-17-26-25-10-7-6-9-23(25)18-27(26)30(38(22)20-33(35,36)21-39)28-19-24(11-12-29(28)41-5)42-16-15-37(14-8-13-34)31(40)43-32(2,3)4/h6-7,9-12,19,22,30,39H,8,13-18,20-21H2,1-5H3/t22-,30+/m1/s1. The molecule has 0 saturated heterocycles. The predicted octanol–water partition coefficient (Wildman–Crippen LogP) is 6.44. The molecule has 0 spiro atoms. The monoisotopic (exact) mass is 604 g/mol. The van der Waals surface area contributed by atoms with Crippen LogP contribution in [-0.2, 0) is 11.2 Å². The Morgan fingerprint density at radius 3 is 2.56 bits per heavy atom. The Morgan fingerprint density at radius 2 is 1.88 bits per heavy atom. The number of carbonyl (C=O) groups excluding carboxylic acids is 1. The number of aliphatic hydroxyl groups is 1. The van der Waals surface area contributed by atoms with E-state index < -0.39 is 43.5 Å². The molecule has 236 valence electrons. The largest absolute Gasteiger partial charge is 0.496 e. The lowest BCUT2D eigenvalue weighted by Gasteiger charge is -2.43. The lowest BCUT2D eigenvalue weighted by Crippen LogP contribution is -2.48. The molecule has 2 aliphatic rings. The van der Waals surface area contributed by atoms with Crippen LogP contribution in [-0.4, -0.2) is 85.2 Å². The van der Waals surface area contributed by atoms with Gasteiger partial charge in [0, 0.05) is 18.2 Å². The van der Waals surface area contributed by atoms with E-state index in [0.717, 1.165) is 22.3 Å². The van der Waals surface area contributed by atoms with Crippen molar-refractivity contribution in [1.82, 2.24) is 9.80 Å². The maximum atomic E-state index is 14.7. The molecule has 10 heteroatoms. The molecule has 1 heterocycles. The molecule has 2 aromatic rings. The SMILES string of the molecule is COc1ccc(OCCN(CCCF)C(=O)OC(C)(C)C)cc1[C@@H]1C2=C(C[C@@H](C)N1CC(F)(F)CO)c1ccccc1C2. The number of rotatable bonds is 12. The fraction of sp³-hybridized carbons (Fsp3) is 0.545. The summed E-state index contributed by atoms with van der Waals surface area (Å²) < 4.78 is 59.7. The minimum atomic E-state index is -3.29. The van der Waals surface area contributed by atoms with Crippen molar-refractivity contribution in [2.75, 3.05) is 46.6 Å². The van der Waals surface area contributed by atoms with Gasteiger partial charge >= 0.3 is 6.09 Å². The Balaban J connectivity index is 1.64. The molecule has 4 rings (SSSR count). The third-order valence-corrected chi connectivity index (χ3v) is 7.82. The summed E-state index contributed by atoms with van der Waals surface area (Å²) in [5.41, 5.74) is 4.48. The third kappa shape index (κ3) is 7.84. The fourth-order valence-corrected chi connectivity index (χ4v) is 5.92. The molecule has 0 fully saturated rings. The zero-order chi connectivity index (χ0) is 31.4. The summed E-state index contributed by atoms with van der Waals surface area (Å²) in [6, 6.07) is 12.6. The van der Waals surface area contributed by atoms with Crippen molar-refractivity contribution in [2.24, 2.45) is 0 Å². The number of fused-ring (bicyclic) bond motifs is 2. The summed E-state index contributed by atoms with van der Waals surface area (Å²) in [4.78, 5) is 15.8. The maximum Gasteiger partial charge on any atom is 0.410 e. The molecular weight excluding hydrogens is 561 g/mol. The van der Waals surface area contributed by atoms with Gasteiger partial charge in [0.05, 0.1) is 32.9 Å². The van der Waals surface area contributed by atoms with E-state index in [4.69, 9.17) is 14.2 Å². The second-order valence-electron chi connectivity index (χ2n) is 12.2. The summed E-state index contributed by atoms with van der Waals surface area (Å²) >= 11 is 0. The number of amides is 1. The topological polar surface area (TPSA) is 71.5 Å². The lowest BCUT2D eigenvalue weighted by atomic mass is 9.84. The second kappa shape index (κ2) is 13.6. The van der Waals surface area contributed by atoms with E-state index in [9.17, 15) is 23.1 Å². The maximum absolute atomic E-state index is 14.7. The van der Waals surface area contributed by atoms with Gasteiger partial charge in [-0.1, -0.05) is 24.3 Å². The highest BCUT2D eigenvalue weighted by molar-refractivity contribution is 5.79. The quantitative estimate of drug-likeness (QED) is 0.301. The number of ether oxygens (including phenoxy) is 3. The molecule has 2 atom stereocenters. The molecule has 0 aromatic heterocycles. The van der Waals surface area contributed by atoms with Crippen LogP contribution < -0.4 is 9.47 Å². The van der Waals surface area contributed by atoms with Gasteiger partial charge in [-0.3, -0.25) is 9.29 Å². The van der Waals surface area contributed by atoms with Crippen molar-refractivity contribution in [3.63, 3.8) is 0 Å². The normalized spacial score (nSPS) is 18.7. The number of halogens is 3. The van der Waals surface area contributed by atoms with E-state index in [1.807, 2.05) is 19.1 Å². The molecule has 7 nitrogen and oxygen atoms in total. The Morgan fingerprint density at radius 1 is 1.14 bits per heavy atom. The van der Waals surface area contributed by atoms with Gasteiger partial charge < -0.3 is 24.2 Å². The number of carbonyl (C=O) groups is 1. The Bertz CT molecular complexity index is 1310. The van der Waals surface area contributed by atoms with Crippen molar-refractivity contribution in [2.45, 2.75) is 70.6 Å². The summed E-state index contributed by atoms with van der Waals surface area (Å²) in [7, 11) is 1.54. The van der Waals surface area contributed by atoms with Gasteiger partial charge in [0.1, 0.15) is 30.3 Å². The third-order valence-electron chi connectivity index (χ3n) is 7.82. The summed E-state index contributed by atoms with van der Waals surface area (Å²) in [5.74, 6) is -2.28. The Labute approximate surface area is 252 Å². The van der Waals surface area contributed by atoms with Crippen molar-refractivity contribution in [1.29, 1.82) is 0 Å². The van der Waals surface area contributed by atoms with Crippen LogP contribution in [0.25, 0.3) is 5.57 Å². The average Bonchev–Trinajstić information content (AvgIpc) is 3.32. The minimum Gasteiger partial charge on any atom is -0.496 e. The first-order valence-electron chi connectivity index (χ1n) is 14.8. The van der Waals surface area contributed by atoms with Gasteiger partial charge in [-0.2, -0.15) is 0 Å². The summed E-state index contributed by atoms with van der Waals surface area (Å²) in [6.45, 7) is 5.29. The highest BCUT2D eigenvalue weighted by Gasteiger charge is 2.44. The number of benzene rings is 2. The molecule has 1 amide bonds. The van der Waals surface area contributed by atoms with E-state index in [2.05, 4.69) is 12.1 Å².